The molecule has 1 aliphatic heterocycles. The predicted octanol–water partition coefficient (Wildman–Crippen LogP) is 2.27. The molecular weight excluding hydrogens is 328 g/mol. The highest BCUT2D eigenvalue weighted by Gasteiger charge is 2.31. The van der Waals surface area contributed by atoms with Crippen molar-refractivity contribution in [3.05, 3.63) is 30.1 Å². The Kier molecular flexibility index (Phi) is 4.13. The van der Waals surface area contributed by atoms with Gasteiger partial charge in [-0.25, -0.2) is 9.97 Å². The Hall–Kier alpha value is -2.85. The van der Waals surface area contributed by atoms with Gasteiger partial charge in [-0.2, -0.15) is 4.98 Å². The monoisotopic (exact) mass is 350 g/mol. The molecule has 1 aromatic heterocycles. The second kappa shape index (κ2) is 6.46. The Labute approximate surface area is 152 Å². The number of aliphatic hydroxyl groups is 1. The van der Waals surface area contributed by atoms with Crippen LogP contribution in [-0.2, 0) is 0 Å². The van der Waals surface area contributed by atoms with Gasteiger partial charge in [-0.15, -0.1) is 0 Å². The fourth-order valence-electron chi connectivity index (χ4n) is 3.71. The standard InChI is InChI=1S/C19H22N6O/c1-13-23-15-5-4-14(6-9-19(11-26)7-2-3-8-19)10-16(15)25(13)18-22-12-21-17(20)24-18/h4-5,10,12-13,23,26H,2-3,7-8,11H2,1H3,(H2,20,21,22,24). The maximum atomic E-state index is 9.75. The van der Waals surface area contributed by atoms with Crippen LogP contribution in [0.2, 0.25) is 0 Å². The first-order chi connectivity index (χ1) is 12.6. The van der Waals surface area contributed by atoms with E-state index in [1.807, 2.05) is 30.0 Å². The molecule has 26 heavy (non-hydrogen) atoms. The highest BCUT2D eigenvalue weighted by atomic mass is 16.3. The molecule has 0 bridgehead atoms. The molecule has 7 nitrogen and oxygen atoms in total. The van der Waals surface area contributed by atoms with Crippen molar-refractivity contribution in [3.8, 4) is 11.8 Å². The molecule has 134 valence electrons. The van der Waals surface area contributed by atoms with E-state index in [4.69, 9.17) is 5.73 Å². The molecule has 0 saturated heterocycles. The Morgan fingerprint density at radius 2 is 2.15 bits per heavy atom. The molecule has 1 fully saturated rings. The molecule has 0 amide bonds. The number of aliphatic hydroxyl groups excluding tert-OH is 1. The number of rotatable bonds is 2. The summed E-state index contributed by atoms with van der Waals surface area (Å²) in [6.07, 6.45) is 5.61. The Balaban J connectivity index is 1.69. The number of hydrogen-bond acceptors (Lipinski definition) is 7. The lowest BCUT2D eigenvalue weighted by atomic mass is 9.88. The summed E-state index contributed by atoms with van der Waals surface area (Å²) in [6, 6.07) is 6.04. The van der Waals surface area contributed by atoms with E-state index in [2.05, 4.69) is 32.1 Å². The minimum absolute atomic E-state index is 0.00590. The van der Waals surface area contributed by atoms with Crippen LogP contribution in [0.25, 0.3) is 0 Å². The molecule has 4 N–H and O–H groups in total. The van der Waals surface area contributed by atoms with Crippen LogP contribution < -0.4 is 16.0 Å². The van der Waals surface area contributed by atoms with Gasteiger partial charge in [0.2, 0.25) is 11.9 Å². The third-order valence-corrected chi connectivity index (χ3v) is 5.14. The maximum Gasteiger partial charge on any atom is 0.236 e. The van der Waals surface area contributed by atoms with Gasteiger partial charge >= 0.3 is 0 Å². The number of nitrogen functional groups attached to an aromatic ring is 1. The van der Waals surface area contributed by atoms with E-state index in [-0.39, 0.29) is 24.1 Å². The van der Waals surface area contributed by atoms with Crippen molar-refractivity contribution in [2.24, 2.45) is 5.41 Å². The molecule has 1 aliphatic carbocycles. The molecule has 2 aromatic rings. The summed E-state index contributed by atoms with van der Waals surface area (Å²) >= 11 is 0. The van der Waals surface area contributed by atoms with Crippen LogP contribution in [0.4, 0.5) is 23.3 Å². The summed E-state index contributed by atoms with van der Waals surface area (Å²) in [4.78, 5) is 14.3. The van der Waals surface area contributed by atoms with Gasteiger partial charge < -0.3 is 16.2 Å². The van der Waals surface area contributed by atoms with Crippen LogP contribution in [0.15, 0.2) is 24.5 Å². The van der Waals surface area contributed by atoms with E-state index in [9.17, 15) is 5.11 Å². The lowest BCUT2D eigenvalue weighted by Gasteiger charge is -2.21. The lowest BCUT2D eigenvalue weighted by molar-refractivity contribution is 0.182. The van der Waals surface area contributed by atoms with E-state index in [1.165, 1.54) is 6.33 Å². The maximum absolute atomic E-state index is 9.75. The molecule has 1 aromatic carbocycles. The Morgan fingerprint density at radius 1 is 1.35 bits per heavy atom. The minimum atomic E-state index is -0.243. The highest BCUT2D eigenvalue weighted by Crippen LogP contribution is 2.40. The van der Waals surface area contributed by atoms with Gasteiger partial charge in [0.25, 0.3) is 0 Å². The summed E-state index contributed by atoms with van der Waals surface area (Å²) in [6.45, 7) is 2.16. The number of aromatic nitrogens is 3. The zero-order valence-electron chi connectivity index (χ0n) is 14.7. The number of fused-ring (bicyclic) bond motifs is 1. The molecule has 2 aliphatic rings. The van der Waals surface area contributed by atoms with E-state index < -0.39 is 0 Å². The number of nitrogens with two attached hydrogens (primary N) is 1. The van der Waals surface area contributed by atoms with Crippen molar-refractivity contribution < 1.29 is 5.11 Å². The quantitative estimate of drug-likeness (QED) is 0.714. The van der Waals surface area contributed by atoms with Crippen molar-refractivity contribution in [3.63, 3.8) is 0 Å². The van der Waals surface area contributed by atoms with E-state index >= 15 is 0 Å². The first-order valence-electron chi connectivity index (χ1n) is 8.89. The number of benzene rings is 1. The van der Waals surface area contributed by atoms with Crippen molar-refractivity contribution >= 4 is 23.3 Å². The molecule has 1 saturated carbocycles. The topological polar surface area (TPSA) is 100 Å². The van der Waals surface area contributed by atoms with E-state index in [0.29, 0.717) is 5.95 Å². The smallest absolute Gasteiger partial charge is 0.236 e. The molecular formula is C19H22N6O. The minimum Gasteiger partial charge on any atom is -0.395 e. The normalized spacial score (nSPS) is 20.2. The van der Waals surface area contributed by atoms with Gasteiger partial charge in [0, 0.05) is 5.56 Å². The summed E-state index contributed by atoms with van der Waals surface area (Å²) < 4.78 is 0. The largest absolute Gasteiger partial charge is 0.395 e. The van der Waals surface area contributed by atoms with Crippen molar-refractivity contribution in [2.75, 3.05) is 22.6 Å². The van der Waals surface area contributed by atoms with Crippen LogP contribution in [-0.4, -0.2) is 32.8 Å². The van der Waals surface area contributed by atoms with Crippen LogP contribution in [0.1, 0.15) is 38.2 Å². The number of nitrogens with zero attached hydrogens (tertiary/aromatic N) is 4. The average Bonchev–Trinajstić information content (AvgIpc) is 3.24. The summed E-state index contributed by atoms with van der Waals surface area (Å²) in [5, 5.41) is 13.2. The number of anilines is 4. The molecule has 0 spiro atoms. The SMILES string of the molecule is CC1Nc2ccc(C#CC3(CO)CCCC3)cc2N1c1ncnc(N)n1. The molecule has 7 heteroatoms. The Bertz CT molecular complexity index is 881. The first kappa shape index (κ1) is 16.6. The van der Waals surface area contributed by atoms with Crippen molar-refractivity contribution in [2.45, 2.75) is 38.8 Å². The molecule has 1 unspecified atom stereocenters. The van der Waals surface area contributed by atoms with Gasteiger partial charge in [-0.1, -0.05) is 24.7 Å². The highest BCUT2D eigenvalue weighted by molar-refractivity contribution is 5.81. The first-order valence-corrected chi connectivity index (χ1v) is 8.89. The van der Waals surface area contributed by atoms with Gasteiger partial charge in [-0.05, 0) is 38.0 Å². The van der Waals surface area contributed by atoms with Crippen molar-refractivity contribution in [1.29, 1.82) is 0 Å². The van der Waals surface area contributed by atoms with Gasteiger partial charge in [-0.3, -0.25) is 4.90 Å². The zero-order chi connectivity index (χ0) is 18.1. The zero-order valence-corrected chi connectivity index (χ0v) is 14.7. The van der Waals surface area contributed by atoms with E-state index in [1.54, 1.807) is 0 Å². The third-order valence-electron chi connectivity index (χ3n) is 5.14. The summed E-state index contributed by atoms with van der Waals surface area (Å²) in [5.74, 6) is 7.29. The van der Waals surface area contributed by atoms with Crippen LogP contribution in [0.5, 0.6) is 0 Å². The van der Waals surface area contributed by atoms with Crippen LogP contribution >= 0.6 is 0 Å². The van der Waals surface area contributed by atoms with Crippen molar-refractivity contribution in [1.82, 2.24) is 15.0 Å². The second-order valence-electron chi connectivity index (χ2n) is 6.96. The second-order valence-corrected chi connectivity index (χ2v) is 6.96. The third kappa shape index (κ3) is 2.93. The fraction of sp³-hybridized carbons (Fsp3) is 0.421. The lowest BCUT2D eigenvalue weighted by Crippen LogP contribution is -2.30. The number of hydrogen-bond donors (Lipinski definition) is 3. The Morgan fingerprint density at radius 3 is 2.88 bits per heavy atom. The molecule has 4 rings (SSSR count). The van der Waals surface area contributed by atoms with Gasteiger partial charge in [0.05, 0.1) is 23.4 Å². The summed E-state index contributed by atoms with van der Waals surface area (Å²) in [5.41, 5.74) is 8.34. The molecule has 2 heterocycles. The van der Waals surface area contributed by atoms with Crippen LogP contribution in [0, 0.1) is 17.3 Å². The van der Waals surface area contributed by atoms with Crippen LogP contribution in [0.3, 0.4) is 0 Å². The van der Waals surface area contributed by atoms with E-state index in [0.717, 1.165) is 42.6 Å². The average molecular weight is 350 g/mol. The van der Waals surface area contributed by atoms with Gasteiger partial charge in [0.1, 0.15) is 12.5 Å². The summed E-state index contributed by atoms with van der Waals surface area (Å²) in [7, 11) is 0. The fourth-order valence-corrected chi connectivity index (χ4v) is 3.71. The molecule has 0 radical (unpaired) electrons. The molecule has 1 atom stereocenters. The predicted molar refractivity (Wildman–Crippen MR) is 101 cm³/mol. The van der Waals surface area contributed by atoms with Gasteiger partial charge in [0.15, 0.2) is 0 Å². The number of nitrogens with one attached hydrogen (secondary N) is 1.